The van der Waals surface area contributed by atoms with Gasteiger partial charge in [-0.3, -0.25) is 14.5 Å². The van der Waals surface area contributed by atoms with E-state index in [1.165, 1.54) is 11.9 Å². The minimum Gasteiger partial charge on any atom is -0.480 e. The van der Waals surface area contributed by atoms with E-state index in [0.717, 1.165) is 17.3 Å². The number of amides is 1. The molecule has 0 spiro atoms. The van der Waals surface area contributed by atoms with E-state index in [-0.39, 0.29) is 13.0 Å². The highest BCUT2D eigenvalue weighted by molar-refractivity contribution is 8.09. The summed E-state index contributed by atoms with van der Waals surface area (Å²) in [4.78, 5) is 36.0. The van der Waals surface area contributed by atoms with Gasteiger partial charge in [0.15, 0.2) is 0 Å². The SMILES string of the molecule is CN(C(=O)OCc1ccccc1)[C@@]1(CC(=O)OC(C)(C)C)SC1C(=O)O. The summed E-state index contributed by atoms with van der Waals surface area (Å²) in [6.07, 6.45) is -0.906. The van der Waals surface area contributed by atoms with Crippen LogP contribution in [0.15, 0.2) is 30.3 Å². The second-order valence-electron chi connectivity index (χ2n) is 7.04. The van der Waals surface area contributed by atoms with Crippen molar-refractivity contribution >= 4 is 29.8 Å². The third-order valence-corrected chi connectivity index (χ3v) is 5.40. The van der Waals surface area contributed by atoms with Crippen LogP contribution in [-0.2, 0) is 25.7 Å². The van der Waals surface area contributed by atoms with Gasteiger partial charge in [0, 0.05) is 7.05 Å². The Morgan fingerprint density at radius 3 is 2.35 bits per heavy atom. The summed E-state index contributed by atoms with van der Waals surface area (Å²) in [7, 11) is 1.44. The Kier molecular flexibility index (Phi) is 5.85. The fourth-order valence-corrected chi connectivity index (χ4v) is 3.69. The average Bonchev–Trinajstić information content (AvgIpc) is 3.26. The second kappa shape index (κ2) is 7.57. The number of hydrogen-bond acceptors (Lipinski definition) is 6. The first-order chi connectivity index (χ1) is 12.0. The summed E-state index contributed by atoms with van der Waals surface area (Å²) in [5.74, 6) is -1.64. The van der Waals surface area contributed by atoms with Crippen LogP contribution in [0.2, 0.25) is 0 Å². The maximum Gasteiger partial charge on any atom is 0.411 e. The molecule has 142 valence electrons. The number of hydrogen-bond donors (Lipinski definition) is 1. The molecule has 0 radical (unpaired) electrons. The maximum atomic E-state index is 12.4. The predicted octanol–water partition coefficient (Wildman–Crippen LogP) is 2.88. The smallest absolute Gasteiger partial charge is 0.411 e. The summed E-state index contributed by atoms with van der Waals surface area (Å²) in [5.41, 5.74) is 0.122. The minimum absolute atomic E-state index is 0.0644. The Morgan fingerprint density at radius 1 is 1.23 bits per heavy atom. The lowest BCUT2D eigenvalue weighted by Gasteiger charge is -2.27. The van der Waals surface area contributed by atoms with Gasteiger partial charge in [-0.1, -0.05) is 30.3 Å². The Hall–Kier alpha value is -2.22. The summed E-state index contributed by atoms with van der Waals surface area (Å²) >= 11 is 1.03. The molecule has 1 heterocycles. The number of carbonyl (C=O) groups is 3. The maximum absolute atomic E-state index is 12.4. The molecule has 2 atom stereocenters. The lowest BCUT2D eigenvalue weighted by Crippen LogP contribution is -2.45. The van der Waals surface area contributed by atoms with Crippen LogP contribution < -0.4 is 0 Å². The quantitative estimate of drug-likeness (QED) is 0.598. The van der Waals surface area contributed by atoms with Crippen LogP contribution in [0.25, 0.3) is 0 Å². The Labute approximate surface area is 156 Å². The highest BCUT2D eigenvalue weighted by Gasteiger charge is 2.66. The van der Waals surface area contributed by atoms with E-state index in [2.05, 4.69) is 0 Å². The molecule has 0 bridgehead atoms. The summed E-state index contributed by atoms with van der Waals surface area (Å²) in [6.45, 7) is 5.24. The Balaban J connectivity index is 2.05. The first kappa shape index (κ1) is 20.1. The monoisotopic (exact) mass is 381 g/mol. The van der Waals surface area contributed by atoms with Crippen LogP contribution in [0, 0.1) is 0 Å². The fraction of sp³-hybridized carbons (Fsp3) is 0.500. The molecule has 1 aliphatic rings. The van der Waals surface area contributed by atoms with Crippen molar-refractivity contribution in [3.8, 4) is 0 Å². The zero-order chi connectivity index (χ0) is 19.5. The number of ether oxygens (including phenoxy) is 2. The summed E-state index contributed by atoms with van der Waals surface area (Å²) in [5, 5.41) is 8.42. The van der Waals surface area contributed by atoms with E-state index >= 15 is 0 Å². The third-order valence-electron chi connectivity index (χ3n) is 3.76. The molecule has 1 aliphatic heterocycles. The number of rotatable bonds is 6. The van der Waals surface area contributed by atoms with Gasteiger partial charge in [0.1, 0.15) is 22.3 Å². The number of aliphatic carboxylic acids is 1. The van der Waals surface area contributed by atoms with Crippen molar-refractivity contribution in [3.63, 3.8) is 0 Å². The van der Waals surface area contributed by atoms with Gasteiger partial charge in [-0.05, 0) is 26.3 Å². The third kappa shape index (κ3) is 4.91. The lowest BCUT2D eigenvalue weighted by atomic mass is 10.1. The van der Waals surface area contributed by atoms with Crippen molar-refractivity contribution in [2.45, 2.75) is 49.5 Å². The second-order valence-corrected chi connectivity index (χ2v) is 8.46. The Bertz CT molecular complexity index is 687. The van der Waals surface area contributed by atoms with Crippen molar-refractivity contribution in [2.75, 3.05) is 7.05 Å². The number of carbonyl (C=O) groups excluding carboxylic acids is 2. The Morgan fingerprint density at radius 2 is 1.85 bits per heavy atom. The highest BCUT2D eigenvalue weighted by atomic mass is 32.2. The number of carboxylic acid groups (broad SMARTS) is 1. The molecule has 7 nitrogen and oxygen atoms in total. The van der Waals surface area contributed by atoms with Gasteiger partial charge < -0.3 is 14.6 Å². The average molecular weight is 381 g/mol. The van der Waals surface area contributed by atoms with Crippen LogP contribution in [0.1, 0.15) is 32.8 Å². The van der Waals surface area contributed by atoms with Crippen molar-refractivity contribution in [3.05, 3.63) is 35.9 Å². The molecule has 26 heavy (non-hydrogen) atoms. The number of benzene rings is 1. The van der Waals surface area contributed by atoms with Gasteiger partial charge in [0.05, 0.1) is 6.42 Å². The molecular weight excluding hydrogens is 358 g/mol. The normalized spacial score (nSPS) is 21.6. The zero-order valence-corrected chi connectivity index (χ0v) is 16.0. The molecule has 1 unspecified atom stereocenters. The molecule has 1 aromatic rings. The first-order valence-electron chi connectivity index (χ1n) is 8.12. The van der Waals surface area contributed by atoms with E-state index in [1.54, 1.807) is 20.8 Å². The van der Waals surface area contributed by atoms with Crippen LogP contribution in [0.4, 0.5) is 4.79 Å². The lowest BCUT2D eigenvalue weighted by molar-refractivity contribution is -0.156. The van der Waals surface area contributed by atoms with Gasteiger partial charge in [0.25, 0.3) is 0 Å². The van der Waals surface area contributed by atoms with Gasteiger partial charge >= 0.3 is 18.0 Å². The molecular formula is C18H23NO6S. The van der Waals surface area contributed by atoms with Crippen LogP contribution >= 0.6 is 11.8 Å². The van der Waals surface area contributed by atoms with Crippen LogP contribution in [0.5, 0.6) is 0 Å². The molecule has 1 aromatic carbocycles. The van der Waals surface area contributed by atoms with Crippen molar-refractivity contribution < 1.29 is 29.0 Å². The molecule has 1 saturated heterocycles. The van der Waals surface area contributed by atoms with Crippen molar-refractivity contribution in [2.24, 2.45) is 0 Å². The molecule has 1 amide bonds. The molecule has 2 rings (SSSR count). The van der Waals surface area contributed by atoms with Gasteiger partial charge in [-0.2, -0.15) is 0 Å². The summed E-state index contributed by atoms with van der Waals surface area (Å²) < 4.78 is 10.5. The van der Waals surface area contributed by atoms with E-state index < -0.39 is 33.8 Å². The molecule has 0 aliphatic carbocycles. The number of thioether (sulfide) groups is 1. The van der Waals surface area contributed by atoms with Gasteiger partial charge in [-0.25, -0.2) is 4.79 Å². The topological polar surface area (TPSA) is 93.1 Å². The predicted molar refractivity (Wildman–Crippen MR) is 96.6 cm³/mol. The van der Waals surface area contributed by atoms with Crippen LogP contribution in [-0.4, -0.2) is 50.8 Å². The number of esters is 1. The van der Waals surface area contributed by atoms with Gasteiger partial charge in [-0.15, -0.1) is 11.8 Å². The summed E-state index contributed by atoms with van der Waals surface area (Å²) in [6, 6.07) is 9.14. The van der Waals surface area contributed by atoms with E-state index in [1.807, 2.05) is 30.3 Å². The van der Waals surface area contributed by atoms with Crippen molar-refractivity contribution in [1.82, 2.24) is 4.90 Å². The van der Waals surface area contributed by atoms with E-state index in [9.17, 15) is 19.5 Å². The van der Waals surface area contributed by atoms with Gasteiger partial charge in [0.2, 0.25) is 0 Å². The fourth-order valence-electron chi connectivity index (χ4n) is 2.48. The van der Waals surface area contributed by atoms with Crippen LogP contribution in [0.3, 0.4) is 0 Å². The van der Waals surface area contributed by atoms with Crippen molar-refractivity contribution in [1.29, 1.82) is 0 Å². The first-order valence-corrected chi connectivity index (χ1v) is 9.00. The van der Waals surface area contributed by atoms with E-state index in [4.69, 9.17) is 9.47 Å². The highest BCUT2D eigenvalue weighted by Crippen LogP contribution is 2.58. The molecule has 0 saturated carbocycles. The number of nitrogens with zero attached hydrogens (tertiary/aromatic N) is 1. The molecule has 0 aromatic heterocycles. The number of carboxylic acids is 1. The molecule has 1 fully saturated rings. The van der Waals surface area contributed by atoms with E-state index in [0.29, 0.717) is 0 Å². The largest absolute Gasteiger partial charge is 0.480 e. The standard InChI is InChI=1S/C18H23NO6S/c1-17(2,3)25-13(20)10-18(14(26-18)15(21)22)19(4)16(23)24-11-12-8-6-5-7-9-12/h5-9,14H,10-11H2,1-4H3,(H,21,22)/t14?,18-/m0/s1. The minimum atomic E-state index is -1.19. The molecule has 8 heteroatoms. The molecule has 1 N–H and O–H groups in total. The zero-order valence-electron chi connectivity index (χ0n) is 15.2.